The van der Waals surface area contributed by atoms with Crippen LogP contribution in [0.3, 0.4) is 0 Å². The molecule has 49 heavy (non-hydrogen) atoms. The van der Waals surface area contributed by atoms with Gasteiger partial charge in [-0.05, 0) is 73.9 Å². The van der Waals surface area contributed by atoms with Gasteiger partial charge in [0.2, 0.25) is 5.88 Å². The van der Waals surface area contributed by atoms with Gasteiger partial charge in [-0.3, -0.25) is 19.8 Å². The lowest BCUT2D eigenvalue weighted by molar-refractivity contribution is -0.387. The molecule has 0 bridgehead atoms. The van der Waals surface area contributed by atoms with E-state index in [1.807, 2.05) is 0 Å². The van der Waals surface area contributed by atoms with Crippen molar-refractivity contribution < 1.29 is 27.2 Å². The first-order valence-electron chi connectivity index (χ1n) is 15.2. The monoisotopic (exact) mass is 707 g/mol. The second-order valence-corrected chi connectivity index (χ2v) is 18.5. The Kier molecular flexibility index (Phi) is 10.6. The maximum absolute atomic E-state index is 14.8. The van der Waals surface area contributed by atoms with Gasteiger partial charge in [0.05, 0.1) is 42.3 Å². The van der Waals surface area contributed by atoms with Gasteiger partial charge in [0.1, 0.15) is 24.1 Å². The number of nitrogens with one attached hydrogen (secondary N) is 2. The molecule has 0 spiro atoms. The maximum atomic E-state index is 14.8. The van der Waals surface area contributed by atoms with Crippen molar-refractivity contribution >= 4 is 42.8 Å². The van der Waals surface area contributed by atoms with Crippen LogP contribution in [0.2, 0.25) is 0 Å². The second-order valence-electron chi connectivity index (χ2n) is 12.1. The Balaban J connectivity index is 1.68. The highest BCUT2D eigenvalue weighted by Crippen LogP contribution is 2.43. The van der Waals surface area contributed by atoms with E-state index in [0.29, 0.717) is 42.8 Å². The van der Waals surface area contributed by atoms with Crippen LogP contribution in [0.4, 0.5) is 17.1 Å². The molecule has 1 atom stereocenters. The number of anilines is 2. The van der Waals surface area contributed by atoms with E-state index in [-0.39, 0.29) is 40.9 Å². The molecule has 2 N–H and O–H groups in total. The van der Waals surface area contributed by atoms with Crippen molar-refractivity contribution in [2.24, 2.45) is 0 Å². The third-order valence-corrected chi connectivity index (χ3v) is 11.2. The Labute approximate surface area is 286 Å². The van der Waals surface area contributed by atoms with E-state index in [1.54, 1.807) is 18.2 Å². The average molecular weight is 708 g/mol. The van der Waals surface area contributed by atoms with Crippen molar-refractivity contribution in [2.75, 3.05) is 54.6 Å². The number of nitro groups is 1. The summed E-state index contributed by atoms with van der Waals surface area (Å²) in [7, 11) is -4.05. The normalized spacial score (nSPS) is 14.7. The molecule has 0 aliphatic heterocycles. The van der Waals surface area contributed by atoms with Crippen LogP contribution < -0.4 is 14.4 Å². The van der Waals surface area contributed by atoms with Crippen LogP contribution in [0.1, 0.15) is 47.0 Å². The molecule has 14 nitrogen and oxygen atoms in total. The Morgan fingerprint density at radius 1 is 1.22 bits per heavy atom. The van der Waals surface area contributed by atoms with E-state index >= 15 is 0 Å². The number of para-hydroxylation sites is 1. The number of hydrogen-bond acceptors (Lipinski definition) is 12. The lowest BCUT2D eigenvalue weighted by Gasteiger charge is -2.36. The first-order valence-corrected chi connectivity index (χ1v) is 19.7. The van der Waals surface area contributed by atoms with E-state index in [1.165, 1.54) is 44.0 Å². The Bertz CT molecular complexity index is 2010. The summed E-state index contributed by atoms with van der Waals surface area (Å²) in [5.74, 6) is 1.09. The SMILES string of the molecule is COc1nc2c(cc1C#N)CCCC2N(c1ccc(NCOCCS(C)(C)C)c(C(=N)c2cnco2)c1)S(=O)(=O)c1ccccc1[N+](=O)[O-]. The fourth-order valence-corrected chi connectivity index (χ4v) is 7.98. The molecular formula is C33H37N7O7S2. The van der Waals surface area contributed by atoms with Crippen molar-refractivity contribution in [3.05, 3.63) is 99.4 Å². The molecule has 4 aromatic rings. The number of rotatable bonds is 14. The number of ether oxygens (including phenoxy) is 2. The Morgan fingerprint density at radius 3 is 2.67 bits per heavy atom. The fourth-order valence-electron chi connectivity index (χ4n) is 5.56. The minimum Gasteiger partial charge on any atom is -0.480 e. The van der Waals surface area contributed by atoms with Gasteiger partial charge in [-0.1, -0.05) is 12.1 Å². The molecule has 0 amide bonds. The number of aromatic nitrogens is 2. The van der Waals surface area contributed by atoms with Crippen molar-refractivity contribution in [2.45, 2.75) is 30.2 Å². The number of nitro benzene ring substituents is 1. The molecule has 0 saturated carbocycles. The molecule has 258 valence electrons. The fraction of sp³-hybridized carbons (Fsp3) is 0.333. The average Bonchev–Trinajstić information content (AvgIpc) is 3.62. The Morgan fingerprint density at radius 2 is 2.00 bits per heavy atom. The molecule has 2 heterocycles. The highest BCUT2D eigenvalue weighted by molar-refractivity contribution is 8.32. The van der Waals surface area contributed by atoms with E-state index in [9.17, 15) is 23.8 Å². The highest BCUT2D eigenvalue weighted by atomic mass is 32.3. The number of nitriles is 1. The smallest absolute Gasteiger partial charge is 0.289 e. The van der Waals surface area contributed by atoms with Gasteiger partial charge in [0.25, 0.3) is 15.7 Å². The van der Waals surface area contributed by atoms with Crippen LogP contribution >= 0.6 is 10.0 Å². The summed E-state index contributed by atoms with van der Waals surface area (Å²) in [6, 6.07) is 12.7. The first-order chi connectivity index (χ1) is 23.4. The summed E-state index contributed by atoms with van der Waals surface area (Å²) in [6.45, 7) is 0.663. The number of hydrogen-bond donors (Lipinski definition) is 2. The van der Waals surface area contributed by atoms with Crippen LogP contribution in [0, 0.1) is 26.9 Å². The number of benzene rings is 2. The molecule has 1 aliphatic rings. The predicted molar refractivity (Wildman–Crippen MR) is 187 cm³/mol. The van der Waals surface area contributed by atoms with E-state index in [4.69, 9.17) is 19.3 Å². The van der Waals surface area contributed by atoms with Gasteiger partial charge >= 0.3 is 0 Å². The zero-order valence-corrected chi connectivity index (χ0v) is 29.1. The zero-order valence-electron chi connectivity index (χ0n) is 27.5. The summed E-state index contributed by atoms with van der Waals surface area (Å²) in [5, 5.41) is 34.0. The van der Waals surface area contributed by atoms with Crippen LogP contribution in [0.15, 0.2) is 70.4 Å². The summed E-state index contributed by atoms with van der Waals surface area (Å²) in [5.41, 5.74) is 1.46. The van der Waals surface area contributed by atoms with Crippen molar-refractivity contribution in [3.63, 3.8) is 0 Å². The Hall–Kier alpha value is -4.98. The zero-order chi connectivity index (χ0) is 35.3. The van der Waals surface area contributed by atoms with Crippen LogP contribution in [-0.2, 0) is 21.2 Å². The summed E-state index contributed by atoms with van der Waals surface area (Å²) in [6.07, 6.45) is 10.6. The number of methoxy groups -OCH3 is 1. The highest BCUT2D eigenvalue weighted by Gasteiger charge is 2.40. The van der Waals surface area contributed by atoms with Gasteiger partial charge in [-0.15, -0.1) is 0 Å². The van der Waals surface area contributed by atoms with Gasteiger partial charge in [-0.25, -0.2) is 28.4 Å². The molecule has 1 aliphatic carbocycles. The number of oxazole rings is 1. The molecular weight excluding hydrogens is 671 g/mol. The van der Waals surface area contributed by atoms with Crippen LogP contribution in [0.25, 0.3) is 0 Å². The van der Waals surface area contributed by atoms with Crippen molar-refractivity contribution in [1.29, 1.82) is 10.7 Å². The molecule has 16 heteroatoms. The van der Waals surface area contributed by atoms with Crippen LogP contribution in [0.5, 0.6) is 5.88 Å². The number of fused-ring (bicyclic) bond motifs is 1. The minimum atomic E-state index is -4.66. The minimum absolute atomic E-state index is 0.0385. The molecule has 0 fully saturated rings. The van der Waals surface area contributed by atoms with E-state index < -0.39 is 41.6 Å². The summed E-state index contributed by atoms with van der Waals surface area (Å²) >= 11 is 0. The lowest BCUT2D eigenvalue weighted by atomic mass is 9.90. The molecule has 2 aromatic heterocycles. The second kappa shape index (κ2) is 14.6. The van der Waals surface area contributed by atoms with Gasteiger partial charge < -0.3 is 19.2 Å². The largest absolute Gasteiger partial charge is 0.480 e. The summed E-state index contributed by atoms with van der Waals surface area (Å²) in [4.78, 5) is 19.4. The van der Waals surface area contributed by atoms with E-state index in [0.717, 1.165) is 16.1 Å². The lowest BCUT2D eigenvalue weighted by Crippen LogP contribution is -2.38. The first kappa shape index (κ1) is 35.3. The number of nitrogens with zero attached hydrogens (tertiary/aromatic N) is 5. The standard InChI is InChI=1S/C33H37N7O7S2/c1-45-33-23(18-34)16-22-8-7-10-28(32(22)38-33)39(49(43,44)30-11-6-5-9-27(30)40(41)42)24-12-13-26(37-21-46-14-15-48(2,3)4)25(17-24)31(35)29-19-36-20-47-29/h5-6,9,11-13,16-17,19-20,28,35,37H,7-8,10,14-15,21H2,1-4H3. The molecule has 0 saturated heterocycles. The molecule has 1 unspecified atom stereocenters. The van der Waals surface area contributed by atoms with Crippen molar-refractivity contribution in [1.82, 2.24) is 9.97 Å². The molecule has 0 radical (unpaired) electrons. The predicted octanol–water partition coefficient (Wildman–Crippen LogP) is 5.63. The number of pyridine rings is 1. The molecule has 2 aromatic carbocycles. The summed E-state index contributed by atoms with van der Waals surface area (Å²) < 4.78 is 47.3. The third-order valence-electron chi connectivity index (χ3n) is 7.95. The maximum Gasteiger partial charge on any atom is 0.289 e. The van der Waals surface area contributed by atoms with E-state index in [2.05, 4.69) is 40.1 Å². The quantitative estimate of drug-likeness (QED) is 0.0542. The number of aryl methyl sites for hydroxylation is 1. The topological polar surface area (TPSA) is 198 Å². The third kappa shape index (κ3) is 7.69. The van der Waals surface area contributed by atoms with Gasteiger partial charge in [0, 0.05) is 23.1 Å². The van der Waals surface area contributed by atoms with Crippen LogP contribution in [-0.4, -0.2) is 74.0 Å². The van der Waals surface area contributed by atoms with Gasteiger partial charge in [0.15, 0.2) is 17.0 Å². The number of sulfonamides is 1. The molecule has 5 rings (SSSR count). The van der Waals surface area contributed by atoms with Crippen molar-refractivity contribution in [3.8, 4) is 11.9 Å². The van der Waals surface area contributed by atoms with Gasteiger partial charge in [-0.2, -0.15) is 5.26 Å².